The van der Waals surface area contributed by atoms with Crippen LogP contribution in [0.25, 0.3) is 0 Å². The number of esters is 1. The quantitative estimate of drug-likeness (QED) is 0.685. The van der Waals surface area contributed by atoms with E-state index in [1.165, 1.54) is 17.0 Å². The minimum Gasteiger partial charge on any atom is -0.455 e. The van der Waals surface area contributed by atoms with E-state index in [1.54, 1.807) is 12.1 Å². The van der Waals surface area contributed by atoms with E-state index in [1.807, 2.05) is 18.2 Å². The maximum atomic E-state index is 12.6. The van der Waals surface area contributed by atoms with Gasteiger partial charge in [-0.25, -0.2) is 0 Å². The Labute approximate surface area is 183 Å². The molecule has 0 aliphatic carbocycles. The van der Waals surface area contributed by atoms with Crippen LogP contribution in [-0.2, 0) is 31.7 Å². The summed E-state index contributed by atoms with van der Waals surface area (Å²) in [5.74, 6) is -1.37. The largest absolute Gasteiger partial charge is 0.455 e. The number of para-hydroxylation sites is 1. The van der Waals surface area contributed by atoms with Gasteiger partial charge in [0.05, 0.1) is 12.0 Å². The number of rotatable bonds is 6. The van der Waals surface area contributed by atoms with Crippen LogP contribution in [0, 0.1) is 5.92 Å². The highest BCUT2D eigenvalue weighted by molar-refractivity contribution is 5.92. The molecule has 2 aromatic rings. The monoisotopic (exact) mass is 448 g/mol. The van der Waals surface area contributed by atoms with Crippen LogP contribution >= 0.6 is 0 Å². The van der Waals surface area contributed by atoms with Gasteiger partial charge in [-0.05, 0) is 42.7 Å². The summed E-state index contributed by atoms with van der Waals surface area (Å²) in [7, 11) is 0. The van der Waals surface area contributed by atoms with Gasteiger partial charge in [-0.15, -0.1) is 0 Å². The Morgan fingerprint density at radius 3 is 2.19 bits per heavy atom. The van der Waals surface area contributed by atoms with Gasteiger partial charge < -0.3 is 15.0 Å². The Balaban J connectivity index is 1.39. The van der Waals surface area contributed by atoms with Crippen molar-refractivity contribution in [2.45, 2.75) is 25.4 Å². The maximum Gasteiger partial charge on any atom is 0.416 e. The van der Waals surface area contributed by atoms with Crippen molar-refractivity contribution in [2.24, 2.45) is 5.92 Å². The first kappa shape index (κ1) is 23.3. The van der Waals surface area contributed by atoms with Crippen LogP contribution in [0.15, 0.2) is 54.6 Å². The zero-order valence-electron chi connectivity index (χ0n) is 17.2. The summed E-state index contributed by atoms with van der Waals surface area (Å²) in [6, 6.07) is 13.3. The van der Waals surface area contributed by atoms with Gasteiger partial charge >= 0.3 is 12.1 Å². The molecule has 2 amide bonds. The van der Waals surface area contributed by atoms with E-state index in [0.717, 1.165) is 17.8 Å². The lowest BCUT2D eigenvalue weighted by Crippen LogP contribution is -2.43. The number of piperidine rings is 1. The SMILES string of the molecule is O=C(Cc1ccc(C(F)(F)F)cc1)OCC(=O)N1CCC(C(=O)Nc2ccccc2)CC1. The average molecular weight is 448 g/mol. The van der Waals surface area contributed by atoms with E-state index in [2.05, 4.69) is 5.32 Å². The molecule has 0 spiro atoms. The van der Waals surface area contributed by atoms with Crippen LogP contribution in [-0.4, -0.2) is 42.4 Å². The van der Waals surface area contributed by atoms with Crippen molar-refractivity contribution in [2.75, 3.05) is 25.0 Å². The molecule has 1 heterocycles. The number of hydrogen-bond donors (Lipinski definition) is 1. The first-order valence-electron chi connectivity index (χ1n) is 10.2. The zero-order valence-corrected chi connectivity index (χ0v) is 17.2. The summed E-state index contributed by atoms with van der Waals surface area (Å²) in [6.45, 7) is 0.310. The number of amides is 2. The van der Waals surface area contributed by atoms with E-state index in [-0.39, 0.29) is 24.2 Å². The van der Waals surface area contributed by atoms with Gasteiger partial charge in [0.1, 0.15) is 0 Å². The number of anilines is 1. The van der Waals surface area contributed by atoms with Crippen molar-refractivity contribution in [3.8, 4) is 0 Å². The van der Waals surface area contributed by atoms with Crippen molar-refractivity contribution in [1.82, 2.24) is 4.90 Å². The van der Waals surface area contributed by atoms with E-state index < -0.39 is 24.3 Å². The summed E-state index contributed by atoms with van der Waals surface area (Å²) in [5.41, 5.74) is 0.280. The molecule has 0 atom stereocenters. The molecular formula is C23H23F3N2O4. The Morgan fingerprint density at radius 2 is 1.59 bits per heavy atom. The third kappa shape index (κ3) is 6.57. The number of carbonyl (C=O) groups is 3. The van der Waals surface area contributed by atoms with Crippen molar-refractivity contribution >= 4 is 23.5 Å². The number of likely N-dealkylation sites (tertiary alicyclic amines) is 1. The molecule has 0 unspecified atom stereocenters. The fraction of sp³-hybridized carbons (Fsp3) is 0.348. The highest BCUT2D eigenvalue weighted by Crippen LogP contribution is 2.29. The number of nitrogens with one attached hydrogen (secondary N) is 1. The number of ether oxygens (including phenoxy) is 1. The number of alkyl halides is 3. The van der Waals surface area contributed by atoms with Crippen molar-refractivity contribution in [3.63, 3.8) is 0 Å². The first-order chi connectivity index (χ1) is 15.2. The van der Waals surface area contributed by atoms with Crippen LogP contribution in [0.2, 0.25) is 0 Å². The van der Waals surface area contributed by atoms with Gasteiger partial charge in [0.15, 0.2) is 6.61 Å². The fourth-order valence-corrected chi connectivity index (χ4v) is 3.42. The second-order valence-corrected chi connectivity index (χ2v) is 7.54. The maximum absolute atomic E-state index is 12.6. The van der Waals surface area contributed by atoms with Crippen LogP contribution in [0.3, 0.4) is 0 Å². The van der Waals surface area contributed by atoms with Gasteiger partial charge in [-0.3, -0.25) is 14.4 Å². The van der Waals surface area contributed by atoms with Gasteiger partial charge in [-0.2, -0.15) is 13.2 Å². The topological polar surface area (TPSA) is 75.7 Å². The smallest absolute Gasteiger partial charge is 0.416 e. The highest BCUT2D eigenvalue weighted by atomic mass is 19.4. The van der Waals surface area contributed by atoms with Gasteiger partial charge in [0.2, 0.25) is 5.91 Å². The van der Waals surface area contributed by atoms with E-state index in [9.17, 15) is 27.6 Å². The predicted molar refractivity (Wildman–Crippen MR) is 110 cm³/mol. The second-order valence-electron chi connectivity index (χ2n) is 7.54. The summed E-state index contributed by atoms with van der Waals surface area (Å²) in [6.07, 6.45) is -3.66. The molecule has 1 aliphatic heterocycles. The molecule has 2 aromatic carbocycles. The van der Waals surface area contributed by atoms with Crippen LogP contribution in [0.5, 0.6) is 0 Å². The third-order valence-corrected chi connectivity index (χ3v) is 5.25. The predicted octanol–water partition coefficient (Wildman–Crippen LogP) is 3.67. The molecule has 1 fully saturated rings. The average Bonchev–Trinajstić information content (AvgIpc) is 2.78. The standard InChI is InChI=1S/C23H23F3N2O4/c24-23(25,26)18-8-6-16(7-9-18)14-21(30)32-15-20(29)28-12-10-17(11-13-28)22(31)27-19-4-2-1-3-5-19/h1-9,17H,10-15H2,(H,27,31). The minimum absolute atomic E-state index is 0.0914. The molecule has 1 aliphatic rings. The van der Waals surface area contributed by atoms with Crippen LogP contribution in [0.1, 0.15) is 24.0 Å². The third-order valence-electron chi connectivity index (χ3n) is 5.25. The Kier molecular flexibility index (Phi) is 7.50. The molecule has 6 nitrogen and oxygen atoms in total. The fourth-order valence-electron chi connectivity index (χ4n) is 3.42. The van der Waals surface area contributed by atoms with E-state index >= 15 is 0 Å². The molecule has 1 saturated heterocycles. The summed E-state index contributed by atoms with van der Waals surface area (Å²) in [4.78, 5) is 38.1. The Bertz CT molecular complexity index is 938. The molecular weight excluding hydrogens is 425 g/mol. The molecule has 0 aromatic heterocycles. The highest BCUT2D eigenvalue weighted by Gasteiger charge is 2.30. The number of hydrogen-bond acceptors (Lipinski definition) is 4. The lowest BCUT2D eigenvalue weighted by molar-refractivity contribution is -0.152. The molecule has 0 radical (unpaired) electrons. The lowest BCUT2D eigenvalue weighted by Gasteiger charge is -2.31. The van der Waals surface area contributed by atoms with E-state index in [4.69, 9.17) is 4.74 Å². The van der Waals surface area contributed by atoms with Gasteiger partial charge in [0.25, 0.3) is 5.91 Å². The molecule has 0 saturated carbocycles. The first-order valence-corrected chi connectivity index (χ1v) is 10.2. The van der Waals surface area contributed by atoms with Gasteiger partial charge in [0, 0.05) is 24.7 Å². The number of benzene rings is 2. The number of nitrogens with zero attached hydrogens (tertiary/aromatic N) is 1. The summed E-state index contributed by atoms with van der Waals surface area (Å²) >= 11 is 0. The molecule has 1 N–H and O–H groups in total. The second kappa shape index (κ2) is 10.3. The van der Waals surface area contributed by atoms with Crippen LogP contribution in [0.4, 0.5) is 18.9 Å². The molecule has 0 bridgehead atoms. The van der Waals surface area contributed by atoms with Crippen LogP contribution < -0.4 is 5.32 Å². The minimum atomic E-state index is -4.44. The molecule has 3 rings (SSSR count). The molecule has 32 heavy (non-hydrogen) atoms. The van der Waals surface area contributed by atoms with E-state index in [0.29, 0.717) is 31.5 Å². The van der Waals surface area contributed by atoms with Crippen molar-refractivity contribution < 1.29 is 32.3 Å². The lowest BCUT2D eigenvalue weighted by atomic mass is 9.95. The molecule has 9 heteroatoms. The number of carbonyl (C=O) groups excluding carboxylic acids is 3. The number of halogens is 3. The summed E-state index contributed by atoms with van der Waals surface area (Å²) < 4.78 is 42.7. The molecule has 170 valence electrons. The normalized spacial score (nSPS) is 14.7. The van der Waals surface area contributed by atoms with Crippen molar-refractivity contribution in [3.05, 3.63) is 65.7 Å². The summed E-state index contributed by atoms with van der Waals surface area (Å²) in [5, 5.41) is 2.86. The van der Waals surface area contributed by atoms with Gasteiger partial charge in [-0.1, -0.05) is 30.3 Å². The van der Waals surface area contributed by atoms with Crippen molar-refractivity contribution in [1.29, 1.82) is 0 Å². The Hall–Kier alpha value is -3.36. The zero-order chi connectivity index (χ0) is 23.1. The Morgan fingerprint density at radius 1 is 0.969 bits per heavy atom.